The van der Waals surface area contributed by atoms with Crippen molar-refractivity contribution in [2.75, 3.05) is 26.5 Å². The van der Waals surface area contributed by atoms with Crippen molar-refractivity contribution >= 4 is 18.6 Å². The van der Waals surface area contributed by atoms with Gasteiger partial charge in [-0.25, -0.2) is 9.13 Å². The summed E-state index contributed by atoms with van der Waals surface area (Å²) in [5.41, 5.74) is 8.22. The summed E-state index contributed by atoms with van der Waals surface area (Å²) in [4.78, 5) is 0. The van der Waals surface area contributed by atoms with E-state index in [1.54, 1.807) is 7.11 Å². The molecular formula is C18H31N3O4P+. The van der Waals surface area contributed by atoms with Crippen LogP contribution in [0.1, 0.15) is 33.0 Å². The lowest BCUT2D eigenvalue weighted by atomic mass is 10.3. The highest BCUT2D eigenvalue weighted by Gasteiger charge is 2.26. The lowest BCUT2D eigenvalue weighted by Crippen LogP contribution is -2.39. The summed E-state index contributed by atoms with van der Waals surface area (Å²) in [6.45, 7) is 8.47. The van der Waals surface area contributed by atoms with Crippen molar-refractivity contribution < 1.29 is 22.9 Å². The minimum Gasteiger partial charge on any atom is -0.497 e. The molecule has 2 N–H and O–H groups in total. The van der Waals surface area contributed by atoms with E-state index in [0.717, 1.165) is 29.2 Å². The van der Waals surface area contributed by atoms with Gasteiger partial charge in [0.1, 0.15) is 5.75 Å². The van der Waals surface area contributed by atoms with Gasteiger partial charge in [-0.05, 0) is 39.3 Å². The Kier molecular flexibility index (Phi) is 7.65. The molecule has 0 aliphatic carbocycles. The van der Waals surface area contributed by atoms with Gasteiger partial charge < -0.3 is 19.5 Å². The lowest BCUT2D eigenvalue weighted by molar-refractivity contribution is -0.679. The Hall–Kier alpha value is -1.40. The van der Waals surface area contributed by atoms with Gasteiger partial charge >= 0.3 is 7.60 Å². The van der Waals surface area contributed by atoms with Gasteiger partial charge in [0.25, 0.3) is 5.82 Å². The van der Waals surface area contributed by atoms with Crippen LogP contribution in [-0.2, 0) is 33.2 Å². The van der Waals surface area contributed by atoms with Crippen molar-refractivity contribution in [2.24, 2.45) is 5.73 Å². The SMILES string of the molecule is CCOP(=O)(CCC[n+]1c(CN)n(CC)c2cc(OC)ccc21)OCC. The Morgan fingerprint density at radius 3 is 2.42 bits per heavy atom. The third-order valence-electron chi connectivity index (χ3n) is 4.35. The summed E-state index contributed by atoms with van der Waals surface area (Å²) in [5, 5.41) is 0. The van der Waals surface area contributed by atoms with Gasteiger partial charge in [0.15, 0.2) is 11.0 Å². The second-order valence-corrected chi connectivity index (χ2v) is 8.08. The van der Waals surface area contributed by atoms with E-state index in [1.807, 2.05) is 32.0 Å². The third kappa shape index (κ3) is 4.46. The number of methoxy groups -OCH3 is 1. The molecule has 0 bridgehead atoms. The number of hydrogen-bond donors (Lipinski definition) is 1. The summed E-state index contributed by atoms with van der Waals surface area (Å²) < 4.78 is 33.2. The first kappa shape index (κ1) is 20.9. The molecule has 0 aliphatic heterocycles. The van der Waals surface area contributed by atoms with Crippen molar-refractivity contribution in [1.82, 2.24) is 4.57 Å². The summed E-state index contributed by atoms with van der Waals surface area (Å²) in [5.74, 6) is 1.86. The first-order valence-electron chi connectivity index (χ1n) is 9.20. The van der Waals surface area contributed by atoms with Gasteiger partial charge in [-0.3, -0.25) is 4.57 Å². The third-order valence-corrected chi connectivity index (χ3v) is 6.52. The molecule has 2 aromatic rings. The van der Waals surface area contributed by atoms with E-state index in [1.165, 1.54) is 0 Å². The van der Waals surface area contributed by atoms with Crippen LogP contribution < -0.4 is 15.0 Å². The molecule has 0 spiro atoms. The van der Waals surface area contributed by atoms with Crippen molar-refractivity contribution in [2.45, 2.75) is 46.8 Å². The molecule has 0 saturated heterocycles. The molecule has 0 unspecified atom stereocenters. The van der Waals surface area contributed by atoms with Crippen LogP contribution >= 0.6 is 7.60 Å². The first-order chi connectivity index (χ1) is 12.5. The van der Waals surface area contributed by atoms with Crippen molar-refractivity contribution in [1.29, 1.82) is 0 Å². The Morgan fingerprint density at radius 1 is 1.19 bits per heavy atom. The van der Waals surface area contributed by atoms with Crippen molar-refractivity contribution in [3.8, 4) is 5.75 Å². The average molecular weight is 384 g/mol. The van der Waals surface area contributed by atoms with Gasteiger partial charge in [-0.15, -0.1) is 0 Å². The maximum absolute atomic E-state index is 12.7. The van der Waals surface area contributed by atoms with E-state index in [-0.39, 0.29) is 0 Å². The first-order valence-corrected chi connectivity index (χ1v) is 10.9. The number of hydrogen-bond acceptors (Lipinski definition) is 5. The number of ether oxygens (including phenoxy) is 1. The number of benzene rings is 1. The van der Waals surface area contributed by atoms with Gasteiger partial charge in [-0.1, -0.05) is 0 Å². The second kappa shape index (κ2) is 9.51. The lowest BCUT2D eigenvalue weighted by Gasteiger charge is -2.16. The molecule has 8 heteroatoms. The smallest absolute Gasteiger partial charge is 0.330 e. The number of fused-ring (bicyclic) bond motifs is 1. The molecule has 1 aromatic carbocycles. The zero-order valence-corrected chi connectivity index (χ0v) is 17.1. The van der Waals surface area contributed by atoms with Crippen molar-refractivity contribution in [3.63, 3.8) is 0 Å². The number of rotatable bonds is 11. The maximum atomic E-state index is 12.7. The summed E-state index contributed by atoms with van der Waals surface area (Å²) >= 11 is 0. The fourth-order valence-electron chi connectivity index (χ4n) is 3.30. The number of nitrogens with two attached hydrogens (primary N) is 1. The highest BCUT2D eigenvalue weighted by Crippen LogP contribution is 2.48. The molecule has 0 atom stereocenters. The van der Waals surface area contributed by atoms with Crippen LogP contribution in [0.3, 0.4) is 0 Å². The topological polar surface area (TPSA) is 79.6 Å². The normalized spacial score (nSPS) is 12.0. The average Bonchev–Trinajstić information content (AvgIpc) is 2.94. The van der Waals surface area contributed by atoms with Gasteiger partial charge in [0.2, 0.25) is 0 Å². The van der Waals surface area contributed by atoms with E-state index in [0.29, 0.717) is 38.9 Å². The van der Waals surface area contributed by atoms with Gasteiger partial charge in [0.05, 0.1) is 46.1 Å². The zero-order valence-electron chi connectivity index (χ0n) is 16.2. The summed E-state index contributed by atoms with van der Waals surface area (Å²) in [7, 11) is -1.36. The monoisotopic (exact) mass is 384 g/mol. The van der Waals surface area contributed by atoms with Crippen LogP contribution in [0.5, 0.6) is 5.75 Å². The van der Waals surface area contributed by atoms with Crippen LogP contribution in [0.2, 0.25) is 0 Å². The molecule has 146 valence electrons. The van der Waals surface area contributed by atoms with Crippen LogP contribution in [0.4, 0.5) is 0 Å². The summed E-state index contributed by atoms with van der Waals surface area (Å²) in [6, 6.07) is 6.02. The minimum absolute atomic E-state index is 0.382. The standard InChI is InChI=1S/C18H31N3O4P/c1-5-20-17-13-15(23-4)9-10-16(17)21(18(20)14-19)11-8-12-26(22,24-6-2)25-7-3/h9-10,13H,5-8,11-12,14,19H2,1-4H3/q+1. The van der Waals surface area contributed by atoms with E-state index >= 15 is 0 Å². The van der Waals surface area contributed by atoms with E-state index in [2.05, 4.69) is 16.1 Å². The molecule has 0 amide bonds. The minimum atomic E-state index is -3.02. The molecule has 2 rings (SSSR count). The number of aryl methyl sites for hydroxylation is 2. The van der Waals surface area contributed by atoms with E-state index < -0.39 is 7.60 Å². The molecule has 1 aromatic heterocycles. The number of nitrogens with zero attached hydrogens (tertiary/aromatic N) is 2. The Balaban J connectivity index is 2.30. The van der Waals surface area contributed by atoms with Gasteiger partial charge in [-0.2, -0.15) is 0 Å². The zero-order chi connectivity index (χ0) is 19.2. The van der Waals surface area contributed by atoms with Crippen LogP contribution in [0, 0.1) is 0 Å². The van der Waals surface area contributed by atoms with Gasteiger partial charge in [0, 0.05) is 6.07 Å². The van der Waals surface area contributed by atoms with Crippen molar-refractivity contribution in [3.05, 3.63) is 24.0 Å². The predicted molar refractivity (Wildman–Crippen MR) is 103 cm³/mol. The Morgan fingerprint density at radius 2 is 1.88 bits per heavy atom. The summed E-state index contributed by atoms with van der Waals surface area (Å²) in [6.07, 6.45) is 1.07. The molecule has 0 aliphatic rings. The Bertz CT molecular complexity index is 765. The van der Waals surface area contributed by atoms with Crippen LogP contribution in [0.15, 0.2) is 18.2 Å². The molecule has 0 saturated carbocycles. The van der Waals surface area contributed by atoms with Crippen LogP contribution in [0.25, 0.3) is 11.0 Å². The predicted octanol–water partition coefficient (Wildman–Crippen LogP) is 3.07. The van der Waals surface area contributed by atoms with E-state index in [9.17, 15) is 4.57 Å². The fourth-order valence-corrected chi connectivity index (χ4v) is 4.95. The molecule has 0 radical (unpaired) electrons. The largest absolute Gasteiger partial charge is 0.497 e. The highest BCUT2D eigenvalue weighted by molar-refractivity contribution is 7.53. The molecule has 1 heterocycles. The molecule has 7 nitrogen and oxygen atoms in total. The quantitative estimate of drug-likeness (QED) is 0.476. The van der Waals surface area contributed by atoms with E-state index in [4.69, 9.17) is 19.5 Å². The highest BCUT2D eigenvalue weighted by atomic mass is 31.2. The fraction of sp³-hybridized carbons (Fsp3) is 0.611. The van der Waals surface area contributed by atoms with Crippen LogP contribution in [-0.4, -0.2) is 31.1 Å². The molecule has 0 fully saturated rings. The Labute approximate surface area is 155 Å². The molecule has 26 heavy (non-hydrogen) atoms. The number of imidazole rings is 1. The second-order valence-electron chi connectivity index (χ2n) is 5.89. The molecular weight excluding hydrogens is 353 g/mol. The number of aromatic nitrogens is 2. The maximum Gasteiger partial charge on any atom is 0.330 e.